The van der Waals surface area contributed by atoms with Crippen molar-refractivity contribution in [2.75, 3.05) is 33.4 Å². The van der Waals surface area contributed by atoms with E-state index in [1.165, 1.54) is 6.07 Å². The van der Waals surface area contributed by atoms with Gasteiger partial charge in [0.05, 0.1) is 17.1 Å². The number of hydrogen-bond acceptors (Lipinski definition) is 5. The maximum Gasteiger partial charge on any atom is 0.241 e. The lowest BCUT2D eigenvalue weighted by Gasteiger charge is -2.37. The van der Waals surface area contributed by atoms with Gasteiger partial charge in [-0.2, -0.15) is 5.26 Å². The van der Waals surface area contributed by atoms with Crippen LogP contribution in [0.5, 0.6) is 0 Å². The first kappa shape index (κ1) is 20.9. The molecule has 2 N–H and O–H groups in total. The fraction of sp³-hybridized carbons (Fsp3) is 0.562. The number of nitrogens with zero attached hydrogens (tertiary/aromatic N) is 1. The topological polar surface area (TPSA) is 91.2 Å². The molecule has 0 aromatic heterocycles. The zero-order valence-electron chi connectivity index (χ0n) is 14.0. The average Bonchev–Trinajstić information content (AvgIpc) is 2.54. The van der Waals surface area contributed by atoms with E-state index in [2.05, 4.69) is 10.0 Å². The zero-order chi connectivity index (χ0) is 16.9. The maximum absolute atomic E-state index is 12.6. The Morgan fingerprint density at radius 3 is 2.62 bits per heavy atom. The summed E-state index contributed by atoms with van der Waals surface area (Å²) in [6, 6.07) is 6.85. The second-order valence-electron chi connectivity index (χ2n) is 6.07. The van der Waals surface area contributed by atoms with Crippen LogP contribution in [0.4, 0.5) is 0 Å². The van der Waals surface area contributed by atoms with Gasteiger partial charge in [-0.05, 0) is 44.5 Å². The van der Waals surface area contributed by atoms with Crippen LogP contribution in [0.1, 0.15) is 24.0 Å². The lowest BCUT2D eigenvalue weighted by atomic mass is 9.80. The molecule has 1 aliphatic heterocycles. The summed E-state index contributed by atoms with van der Waals surface area (Å²) in [6.07, 6.45) is 1.70. The van der Waals surface area contributed by atoms with Gasteiger partial charge in [-0.15, -0.1) is 12.4 Å². The predicted molar refractivity (Wildman–Crippen MR) is 94.7 cm³/mol. The van der Waals surface area contributed by atoms with Gasteiger partial charge < -0.3 is 10.1 Å². The van der Waals surface area contributed by atoms with Crippen molar-refractivity contribution in [2.45, 2.75) is 24.7 Å². The Bertz CT molecular complexity index is 689. The van der Waals surface area contributed by atoms with Crippen LogP contribution in [0.25, 0.3) is 0 Å². The zero-order valence-corrected chi connectivity index (χ0v) is 15.6. The molecule has 24 heavy (non-hydrogen) atoms. The highest BCUT2D eigenvalue weighted by Gasteiger charge is 2.34. The van der Waals surface area contributed by atoms with Gasteiger partial charge in [0.2, 0.25) is 10.0 Å². The van der Waals surface area contributed by atoms with Crippen molar-refractivity contribution in [1.82, 2.24) is 10.0 Å². The Morgan fingerprint density at radius 1 is 1.38 bits per heavy atom. The van der Waals surface area contributed by atoms with E-state index < -0.39 is 10.0 Å². The van der Waals surface area contributed by atoms with Gasteiger partial charge >= 0.3 is 0 Å². The minimum Gasteiger partial charge on any atom is -0.384 e. The SMILES string of the molecule is COCC1(CNS(=O)(=O)c2cccc(C)c2C#N)CCNCC1.Cl. The summed E-state index contributed by atoms with van der Waals surface area (Å²) in [6.45, 7) is 4.24. The van der Waals surface area contributed by atoms with Crippen molar-refractivity contribution in [2.24, 2.45) is 5.41 Å². The van der Waals surface area contributed by atoms with Crippen molar-refractivity contribution in [3.05, 3.63) is 29.3 Å². The van der Waals surface area contributed by atoms with Crippen LogP contribution in [0.2, 0.25) is 0 Å². The summed E-state index contributed by atoms with van der Waals surface area (Å²) in [4.78, 5) is 0.0431. The Balaban J connectivity index is 0.00000288. The molecule has 1 fully saturated rings. The number of methoxy groups -OCH3 is 1. The van der Waals surface area contributed by atoms with Gasteiger partial charge in [-0.1, -0.05) is 12.1 Å². The first-order valence-corrected chi connectivity index (χ1v) is 9.11. The molecule has 0 aliphatic carbocycles. The van der Waals surface area contributed by atoms with Gasteiger partial charge in [-0.3, -0.25) is 0 Å². The molecule has 0 saturated carbocycles. The summed E-state index contributed by atoms with van der Waals surface area (Å²) < 4.78 is 33.3. The third kappa shape index (κ3) is 4.68. The second-order valence-corrected chi connectivity index (χ2v) is 7.80. The first-order valence-electron chi connectivity index (χ1n) is 7.63. The second kappa shape index (κ2) is 8.79. The van der Waals surface area contributed by atoms with E-state index in [0.29, 0.717) is 18.7 Å². The number of benzene rings is 1. The molecule has 0 radical (unpaired) electrons. The van der Waals surface area contributed by atoms with Crippen molar-refractivity contribution in [3.8, 4) is 6.07 Å². The standard InChI is InChI=1S/C16H23N3O3S.ClH/c1-13-4-3-5-15(14(13)10-17)23(20,21)19-11-16(12-22-2)6-8-18-9-7-16;/h3-5,18-19H,6-9,11-12H2,1-2H3;1H. The molecule has 1 heterocycles. The molecule has 1 aliphatic rings. The van der Waals surface area contributed by atoms with Gasteiger partial charge in [0.1, 0.15) is 6.07 Å². The van der Waals surface area contributed by atoms with Gasteiger partial charge in [0, 0.05) is 19.1 Å². The summed E-state index contributed by atoms with van der Waals surface area (Å²) >= 11 is 0. The van der Waals surface area contributed by atoms with Crippen LogP contribution in [0.15, 0.2) is 23.1 Å². The van der Waals surface area contributed by atoms with Crippen molar-refractivity contribution in [3.63, 3.8) is 0 Å². The largest absolute Gasteiger partial charge is 0.384 e. The van der Waals surface area contributed by atoms with Crippen LogP contribution < -0.4 is 10.0 Å². The van der Waals surface area contributed by atoms with Crippen LogP contribution >= 0.6 is 12.4 Å². The summed E-state index contributed by atoms with van der Waals surface area (Å²) in [5.74, 6) is 0. The number of nitriles is 1. The smallest absolute Gasteiger partial charge is 0.241 e. The Labute approximate surface area is 150 Å². The monoisotopic (exact) mass is 373 g/mol. The van der Waals surface area contributed by atoms with Gasteiger partial charge in [0.25, 0.3) is 0 Å². The molecule has 6 nitrogen and oxygen atoms in total. The molecule has 134 valence electrons. The summed E-state index contributed by atoms with van der Waals surface area (Å²) in [7, 11) is -2.10. The molecule has 1 aromatic carbocycles. The van der Waals surface area contributed by atoms with Crippen molar-refractivity contribution < 1.29 is 13.2 Å². The number of ether oxygens (including phenoxy) is 1. The number of rotatable bonds is 6. The fourth-order valence-electron chi connectivity index (χ4n) is 2.97. The van der Waals surface area contributed by atoms with E-state index in [1.54, 1.807) is 26.2 Å². The molecule has 1 aromatic rings. The molecular formula is C16H24ClN3O3S. The average molecular weight is 374 g/mol. The molecule has 0 atom stereocenters. The molecule has 0 bridgehead atoms. The Kier molecular flexibility index (Phi) is 7.64. The maximum atomic E-state index is 12.6. The number of halogens is 1. The van der Waals surface area contributed by atoms with E-state index in [1.807, 2.05) is 6.07 Å². The lowest BCUT2D eigenvalue weighted by Crippen LogP contribution is -2.47. The minimum atomic E-state index is -3.73. The molecule has 0 spiro atoms. The Morgan fingerprint density at radius 2 is 2.04 bits per heavy atom. The number of sulfonamides is 1. The normalized spacial score (nSPS) is 16.9. The molecular weight excluding hydrogens is 350 g/mol. The quantitative estimate of drug-likeness (QED) is 0.790. The third-order valence-electron chi connectivity index (χ3n) is 4.39. The van der Waals surface area contributed by atoms with Gasteiger partial charge in [-0.25, -0.2) is 13.1 Å². The van der Waals surface area contributed by atoms with E-state index in [9.17, 15) is 13.7 Å². The van der Waals surface area contributed by atoms with E-state index in [0.717, 1.165) is 25.9 Å². The molecule has 8 heteroatoms. The number of nitrogens with one attached hydrogen (secondary N) is 2. The third-order valence-corrected chi connectivity index (χ3v) is 5.83. The molecule has 2 rings (SSSR count). The highest BCUT2D eigenvalue weighted by atomic mass is 35.5. The number of aryl methyl sites for hydroxylation is 1. The van der Waals surface area contributed by atoms with Gasteiger partial charge in [0.15, 0.2) is 0 Å². The molecule has 1 saturated heterocycles. The Hall–Kier alpha value is -1.17. The fourth-order valence-corrected chi connectivity index (χ4v) is 4.35. The van der Waals surface area contributed by atoms with Crippen LogP contribution in [-0.2, 0) is 14.8 Å². The first-order chi connectivity index (χ1) is 10.9. The summed E-state index contributed by atoms with van der Waals surface area (Å²) in [5, 5.41) is 12.5. The predicted octanol–water partition coefficient (Wildman–Crippen LogP) is 1.58. The highest BCUT2D eigenvalue weighted by molar-refractivity contribution is 7.89. The van der Waals surface area contributed by atoms with E-state index in [4.69, 9.17) is 4.74 Å². The van der Waals surface area contributed by atoms with E-state index >= 15 is 0 Å². The number of piperidine rings is 1. The van der Waals surface area contributed by atoms with Crippen molar-refractivity contribution >= 4 is 22.4 Å². The van der Waals surface area contributed by atoms with Crippen LogP contribution in [-0.4, -0.2) is 41.8 Å². The van der Waals surface area contributed by atoms with Crippen LogP contribution in [0, 0.1) is 23.7 Å². The highest BCUT2D eigenvalue weighted by Crippen LogP contribution is 2.29. The minimum absolute atomic E-state index is 0. The number of hydrogen-bond donors (Lipinski definition) is 2. The van der Waals surface area contributed by atoms with E-state index in [-0.39, 0.29) is 28.3 Å². The van der Waals surface area contributed by atoms with Crippen molar-refractivity contribution in [1.29, 1.82) is 5.26 Å². The lowest BCUT2D eigenvalue weighted by molar-refractivity contribution is 0.0577. The molecule has 0 unspecified atom stereocenters. The summed E-state index contributed by atoms with van der Waals surface area (Å²) in [5.41, 5.74) is 0.652. The van der Waals surface area contributed by atoms with Crippen LogP contribution in [0.3, 0.4) is 0 Å². The molecule has 0 amide bonds.